The van der Waals surface area contributed by atoms with E-state index in [2.05, 4.69) is 115 Å². The Morgan fingerprint density at radius 3 is 2.26 bits per heavy atom. The van der Waals surface area contributed by atoms with Crippen molar-refractivity contribution in [2.45, 2.75) is 52.9 Å². The van der Waals surface area contributed by atoms with Crippen molar-refractivity contribution in [2.75, 3.05) is 0 Å². The molecule has 2 aliphatic carbocycles. The first-order valence-corrected chi connectivity index (χ1v) is 11.3. The molecule has 1 atom stereocenters. The van der Waals surface area contributed by atoms with Gasteiger partial charge in [-0.2, -0.15) is 0 Å². The Bertz CT molecular complexity index is 1450. The highest BCUT2D eigenvalue weighted by atomic mass is 14.4. The van der Waals surface area contributed by atoms with E-state index in [-0.39, 0.29) is 16.7 Å². The molecule has 0 heterocycles. The molecular formula is C31H31. The number of hydrogen-bond donors (Lipinski definition) is 0. The predicted molar refractivity (Wildman–Crippen MR) is 132 cm³/mol. The lowest BCUT2D eigenvalue weighted by Gasteiger charge is -2.21. The molecule has 2 aliphatic rings. The largest absolute Gasteiger partial charge is 0.0914 e. The van der Waals surface area contributed by atoms with Gasteiger partial charge in [-0.3, -0.25) is 0 Å². The van der Waals surface area contributed by atoms with Gasteiger partial charge in [0.1, 0.15) is 0 Å². The minimum absolute atomic E-state index is 0.0806. The van der Waals surface area contributed by atoms with Crippen LogP contribution in [0.3, 0.4) is 0 Å². The molecule has 1 radical (unpaired) electrons. The van der Waals surface area contributed by atoms with E-state index in [0.717, 1.165) is 5.22 Å². The molecule has 0 N–H and O–H groups in total. The van der Waals surface area contributed by atoms with Crippen molar-refractivity contribution in [1.82, 2.24) is 0 Å². The van der Waals surface area contributed by atoms with Crippen LogP contribution in [-0.2, 0) is 5.41 Å². The molecule has 155 valence electrons. The van der Waals surface area contributed by atoms with E-state index in [1.807, 2.05) is 0 Å². The maximum atomic E-state index is 4.47. The molecule has 31 heavy (non-hydrogen) atoms. The summed E-state index contributed by atoms with van der Waals surface area (Å²) in [5, 5.41) is 4.96. The van der Waals surface area contributed by atoms with Crippen molar-refractivity contribution < 1.29 is 0 Å². The number of fused-ring (bicyclic) bond motifs is 3. The Morgan fingerprint density at radius 1 is 0.806 bits per heavy atom. The highest BCUT2D eigenvalue weighted by Gasteiger charge is 2.32. The van der Waals surface area contributed by atoms with E-state index in [4.69, 9.17) is 0 Å². The molecule has 0 heteroatoms. The minimum atomic E-state index is 0.0806. The van der Waals surface area contributed by atoms with Gasteiger partial charge >= 0.3 is 0 Å². The molecule has 0 nitrogen and oxygen atoms in total. The SMILES string of the molecule is C=c1ccc2c(c1C1C=C(C(C)(C)C)c3ccccc31)[C]=c1cccc(C(C)(C)C)c1=2. The smallest absolute Gasteiger partial charge is 0.0293 e. The molecule has 0 fully saturated rings. The Kier molecular flexibility index (Phi) is 4.25. The second-order valence-corrected chi connectivity index (χ2v) is 11.1. The standard InChI is InChI=1S/C31H31/c1-19-15-16-23-24(17-20-11-10-14-26(29(20)23)30(2,3)4)28(19)25-18-27(31(5,6)7)22-13-9-8-12-21(22)25/h8-16,18,25H,1H2,2-7H3. The van der Waals surface area contributed by atoms with Crippen LogP contribution in [-0.4, -0.2) is 0 Å². The molecule has 5 rings (SSSR count). The summed E-state index contributed by atoms with van der Waals surface area (Å²) in [6.07, 6.45) is 6.27. The fraction of sp³-hybridized carbons (Fsp3) is 0.290. The Balaban J connectivity index is 1.87. The van der Waals surface area contributed by atoms with E-state index < -0.39 is 0 Å². The summed E-state index contributed by atoms with van der Waals surface area (Å²) in [6, 6.07) is 20.0. The van der Waals surface area contributed by atoms with Crippen LogP contribution in [0.2, 0.25) is 0 Å². The van der Waals surface area contributed by atoms with Gasteiger partial charge in [0.15, 0.2) is 0 Å². The summed E-state index contributed by atoms with van der Waals surface area (Å²) >= 11 is 0. The van der Waals surface area contributed by atoms with Crippen LogP contribution in [0.1, 0.15) is 75.3 Å². The van der Waals surface area contributed by atoms with Crippen LogP contribution >= 0.6 is 0 Å². The van der Waals surface area contributed by atoms with Gasteiger partial charge in [0, 0.05) is 5.92 Å². The Hall–Kier alpha value is -2.86. The van der Waals surface area contributed by atoms with E-state index in [1.54, 1.807) is 0 Å². The van der Waals surface area contributed by atoms with Crippen LogP contribution in [0, 0.1) is 15.9 Å². The lowest BCUT2D eigenvalue weighted by atomic mass is 9.83. The number of rotatable bonds is 1. The predicted octanol–water partition coefficient (Wildman–Crippen LogP) is 6.28. The van der Waals surface area contributed by atoms with Gasteiger partial charge < -0.3 is 0 Å². The lowest BCUT2D eigenvalue weighted by molar-refractivity contribution is 0.567. The van der Waals surface area contributed by atoms with Crippen molar-refractivity contribution >= 4 is 18.2 Å². The summed E-state index contributed by atoms with van der Waals surface area (Å²) in [6.45, 7) is 18.3. The normalized spacial score (nSPS) is 17.0. The molecule has 0 amide bonds. The second kappa shape index (κ2) is 6.57. The first kappa shape index (κ1) is 20.1. The molecule has 0 spiro atoms. The fourth-order valence-corrected chi connectivity index (χ4v) is 5.32. The number of benzene rings is 3. The zero-order chi connectivity index (χ0) is 22.1. The zero-order valence-electron chi connectivity index (χ0n) is 19.6. The van der Waals surface area contributed by atoms with Crippen LogP contribution in [0.15, 0.2) is 60.7 Å². The van der Waals surface area contributed by atoms with Crippen LogP contribution in [0.4, 0.5) is 0 Å². The third-order valence-electron chi connectivity index (χ3n) is 6.78. The molecule has 0 bridgehead atoms. The van der Waals surface area contributed by atoms with Gasteiger partial charge in [-0.05, 0) is 71.2 Å². The van der Waals surface area contributed by atoms with Gasteiger partial charge in [0.05, 0.1) is 0 Å². The van der Waals surface area contributed by atoms with E-state index in [9.17, 15) is 0 Å². The average molecular weight is 404 g/mol. The number of hydrogen-bond acceptors (Lipinski definition) is 0. The van der Waals surface area contributed by atoms with Crippen molar-refractivity contribution in [3.63, 3.8) is 0 Å². The summed E-state index contributed by atoms with van der Waals surface area (Å²) in [7, 11) is 0. The maximum Gasteiger partial charge on any atom is 0.0293 e. The zero-order valence-corrected chi connectivity index (χ0v) is 19.6. The molecule has 0 aromatic heterocycles. The summed E-state index contributed by atoms with van der Waals surface area (Å²) in [5.74, 6) is 0.216. The van der Waals surface area contributed by atoms with Gasteiger partial charge in [-0.1, -0.05) is 109 Å². The van der Waals surface area contributed by atoms with E-state index in [1.165, 1.54) is 49.0 Å². The van der Waals surface area contributed by atoms with E-state index in [0.29, 0.717) is 0 Å². The first-order chi connectivity index (χ1) is 14.6. The summed E-state index contributed by atoms with van der Waals surface area (Å²) < 4.78 is 0. The van der Waals surface area contributed by atoms with Gasteiger partial charge in [-0.25, -0.2) is 0 Å². The quantitative estimate of drug-likeness (QED) is 0.351. The van der Waals surface area contributed by atoms with Crippen LogP contribution in [0.25, 0.3) is 18.2 Å². The average Bonchev–Trinajstić information content (AvgIpc) is 3.25. The van der Waals surface area contributed by atoms with Gasteiger partial charge in [0.2, 0.25) is 0 Å². The van der Waals surface area contributed by atoms with Gasteiger partial charge in [-0.15, -0.1) is 0 Å². The monoisotopic (exact) mass is 403 g/mol. The molecule has 0 saturated carbocycles. The van der Waals surface area contributed by atoms with E-state index >= 15 is 0 Å². The highest BCUT2D eigenvalue weighted by molar-refractivity contribution is 5.80. The summed E-state index contributed by atoms with van der Waals surface area (Å²) in [5.41, 5.74) is 8.29. The molecule has 3 aromatic rings. The van der Waals surface area contributed by atoms with Crippen LogP contribution < -0.4 is 10.4 Å². The second-order valence-electron chi connectivity index (χ2n) is 11.1. The molecule has 1 unspecified atom stereocenters. The topological polar surface area (TPSA) is 0 Å². The summed E-state index contributed by atoms with van der Waals surface area (Å²) in [4.78, 5) is 0. The minimum Gasteiger partial charge on any atom is -0.0914 e. The lowest BCUT2D eigenvalue weighted by Crippen LogP contribution is -2.16. The van der Waals surface area contributed by atoms with Crippen molar-refractivity contribution in [3.8, 4) is 0 Å². The highest BCUT2D eigenvalue weighted by Crippen LogP contribution is 2.47. The molecular weight excluding hydrogens is 372 g/mol. The van der Waals surface area contributed by atoms with Gasteiger partial charge in [0.25, 0.3) is 0 Å². The first-order valence-electron chi connectivity index (χ1n) is 11.3. The van der Waals surface area contributed by atoms with Crippen molar-refractivity contribution in [2.24, 2.45) is 5.41 Å². The maximum absolute atomic E-state index is 4.47. The molecule has 3 aromatic carbocycles. The number of allylic oxidation sites excluding steroid dienone is 2. The van der Waals surface area contributed by atoms with Crippen molar-refractivity contribution in [1.29, 1.82) is 0 Å². The molecule has 0 saturated heterocycles. The Labute approximate surface area is 186 Å². The van der Waals surface area contributed by atoms with Crippen molar-refractivity contribution in [3.05, 3.63) is 109 Å². The Morgan fingerprint density at radius 2 is 1.55 bits per heavy atom. The third kappa shape index (κ3) is 3.04. The third-order valence-corrected chi connectivity index (χ3v) is 6.78. The molecule has 0 aliphatic heterocycles. The van der Waals surface area contributed by atoms with Crippen LogP contribution in [0.5, 0.6) is 0 Å². The fourth-order valence-electron chi connectivity index (χ4n) is 5.32.